The minimum absolute atomic E-state index is 0.238. The molecule has 0 saturated carbocycles. The maximum atomic E-state index is 11.8. The Balaban J connectivity index is 2.69. The molecule has 1 aromatic carbocycles. The van der Waals surface area contributed by atoms with Crippen LogP contribution < -0.4 is 0 Å². The van der Waals surface area contributed by atoms with E-state index in [1.165, 1.54) is 0 Å². The van der Waals surface area contributed by atoms with Gasteiger partial charge in [-0.05, 0) is 39.3 Å². The van der Waals surface area contributed by atoms with Gasteiger partial charge in [-0.3, -0.25) is 0 Å². The Hall–Kier alpha value is -1.31. The Morgan fingerprint density at radius 3 is 2.31 bits per heavy atom. The van der Waals surface area contributed by atoms with Crippen molar-refractivity contribution in [3.63, 3.8) is 0 Å². The van der Waals surface area contributed by atoms with E-state index < -0.39 is 0 Å². The van der Waals surface area contributed by atoms with Crippen molar-refractivity contribution in [2.24, 2.45) is 0 Å². The third kappa shape index (κ3) is 3.69. The first-order valence-corrected chi connectivity index (χ1v) is 5.74. The zero-order valence-corrected chi connectivity index (χ0v) is 10.5. The first-order valence-electron chi connectivity index (χ1n) is 5.74. The molecule has 0 unspecified atom stereocenters. The molecule has 2 heteroatoms. The topological polar surface area (TPSA) is 26.3 Å². The van der Waals surface area contributed by atoms with Crippen LogP contribution in [-0.4, -0.2) is 11.6 Å². The molecule has 0 aliphatic rings. The quantitative estimate of drug-likeness (QED) is 0.723. The largest absolute Gasteiger partial charge is 0.456 e. The Labute approximate surface area is 97.6 Å². The molecule has 16 heavy (non-hydrogen) atoms. The predicted molar refractivity (Wildman–Crippen MR) is 65.6 cm³/mol. The summed E-state index contributed by atoms with van der Waals surface area (Å²) in [6.07, 6.45) is 1.89. The van der Waals surface area contributed by atoms with E-state index in [-0.39, 0.29) is 11.6 Å². The predicted octanol–water partition coefficient (Wildman–Crippen LogP) is 3.73. The maximum Gasteiger partial charge on any atom is 0.338 e. The van der Waals surface area contributed by atoms with Gasteiger partial charge in [-0.2, -0.15) is 0 Å². The van der Waals surface area contributed by atoms with Crippen LogP contribution in [0.5, 0.6) is 0 Å². The van der Waals surface area contributed by atoms with Gasteiger partial charge >= 0.3 is 5.97 Å². The Kier molecular flexibility index (Phi) is 4.11. The van der Waals surface area contributed by atoms with Gasteiger partial charge in [0, 0.05) is 0 Å². The van der Waals surface area contributed by atoms with Crippen molar-refractivity contribution in [2.75, 3.05) is 0 Å². The average Bonchev–Trinajstić information content (AvgIpc) is 2.17. The second kappa shape index (κ2) is 5.15. The first-order chi connectivity index (χ1) is 7.44. The number of hydrogen-bond donors (Lipinski definition) is 0. The molecule has 0 bridgehead atoms. The second-order valence-electron chi connectivity index (χ2n) is 4.77. The first kappa shape index (κ1) is 12.8. The molecule has 1 rings (SSSR count). The normalized spacial score (nSPS) is 11.2. The van der Waals surface area contributed by atoms with E-state index in [4.69, 9.17) is 4.74 Å². The van der Waals surface area contributed by atoms with E-state index in [2.05, 4.69) is 6.92 Å². The van der Waals surface area contributed by atoms with E-state index in [0.717, 1.165) is 18.4 Å². The smallest absolute Gasteiger partial charge is 0.338 e. The average molecular weight is 220 g/mol. The highest BCUT2D eigenvalue weighted by molar-refractivity contribution is 5.89. The molecular weight excluding hydrogens is 200 g/mol. The van der Waals surface area contributed by atoms with Gasteiger partial charge in [0.1, 0.15) is 5.60 Å². The van der Waals surface area contributed by atoms with Gasteiger partial charge in [0.15, 0.2) is 0 Å². The van der Waals surface area contributed by atoms with Crippen LogP contribution in [-0.2, 0) is 4.74 Å². The molecule has 0 aromatic heterocycles. The maximum absolute atomic E-state index is 11.8. The third-order valence-corrected chi connectivity index (χ3v) is 2.51. The zero-order valence-electron chi connectivity index (χ0n) is 10.5. The number of esters is 1. The molecule has 0 saturated heterocycles. The highest BCUT2D eigenvalue weighted by atomic mass is 16.6. The van der Waals surface area contributed by atoms with E-state index in [0.29, 0.717) is 5.56 Å². The van der Waals surface area contributed by atoms with Crippen molar-refractivity contribution in [3.8, 4) is 0 Å². The lowest BCUT2D eigenvalue weighted by atomic mass is 10.0. The van der Waals surface area contributed by atoms with Crippen molar-refractivity contribution in [2.45, 2.75) is 46.1 Å². The molecule has 0 amide bonds. The van der Waals surface area contributed by atoms with Crippen LogP contribution in [0, 0.1) is 6.92 Å². The van der Waals surface area contributed by atoms with Crippen molar-refractivity contribution in [1.82, 2.24) is 0 Å². The summed E-state index contributed by atoms with van der Waals surface area (Å²) in [6, 6.07) is 7.45. The van der Waals surface area contributed by atoms with Gasteiger partial charge in [-0.25, -0.2) is 4.79 Å². The van der Waals surface area contributed by atoms with Crippen LogP contribution in [0.2, 0.25) is 0 Å². The van der Waals surface area contributed by atoms with Gasteiger partial charge in [0.25, 0.3) is 0 Å². The van der Waals surface area contributed by atoms with Crippen LogP contribution in [0.15, 0.2) is 24.3 Å². The summed E-state index contributed by atoms with van der Waals surface area (Å²) < 4.78 is 5.47. The summed E-state index contributed by atoms with van der Waals surface area (Å²) >= 11 is 0. The SMILES string of the molecule is CCCC(C)(C)OC(=O)c1ccc(C)cc1. The lowest BCUT2D eigenvalue weighted by Gasteiger charge is -2.24. The molecule has 0 aliphatic carbocycles. The number of benzene rings is 1. The van der Waals surface area contributed by atoms with Crippen molar-refractivity contribution in [1.29, 1.82) is 0 Å². The molecule has 0 fully saturated rings. The Morgan fingerprint density at radius 1 is 1.25 bits per heavy atom. The van der Waals surface area contributed by atoms with E-state index in [9.17, 15) is 4.79 Å². The molecule has 0 atom stereocenters. The highest BCUT2D eigenvalue weighted by Gasteiger charge is 2.22. The third-order valence-electron chi connectivity index (χ3n) is 2.51. The van der Waals surface area contributed by atoms with Gasteiger partial charge in [-0.15, -0.1) is 0 Å². The van der Waals surface area contributed by atoms with Crippen molar-refractivity contribution < 1.29 is 9.53 Å². The standard InChI is InChI=1S/C14H20O2/c1-5-10-14(3,4)16-13(15)12-8-6-11(2)7-9-12/h6-9H,5,10H2,1-4H3. The summed E-state index contributed by atoms with van der Waals surface area (Å²) in [5.74, 6) is -0.238. The van der Waals surface area contributed by atoms with Crippen LogP contribution in [0.25, 0.3) is 0 Å². The van der Waals surface area contributed by atoms with Crippen molar-refractivity contribution >= 4 is 5.97 Å². The van der Waals surface area contributed by atoms with Crippen LogP contribution >= 0.6 is 0 Å². The molecule has 88 valence electrons. The Morgan fingerprint density at radius 2 is 1.81 bits per heavy atom. The lowest BCUT2D eigenvalue weighted by molar-refractivity contribution is -0.00472. The molecule has 0 spiro atoms. The van der Waals surface area contributed by atoms with Gasteiger partial charge in [-0.1, -0.05) is 31.0 Å². The second-order valence-corrected chi connectivity index (χ2v) is 4.77. The number of ether oxygens (including phenoxy) is 1. The number of carbonyl (C=O) groups is 1. The number of aryl methyl sites for hydroxylation is 1. The highest BCUT2D eigenvalue weighted by Crippen LogP contribution is 2.18. The summed E-state index contributed by atoms with van der Waals surface area (Å²) in [6.45, 7) is 7.97. The number of carbonyl (C=O) groups excluding carboxylic acids is 1. The molecule has 0 N–H and O–H groups in total. The molecular formula is C14H20O2. The minimum atomic E-state index is -0.378. The molecule has 0 radical (unpaired) electrons. The monoisotopic (exact) mass is 220 g/mol. The zero-order chi connectivity index (χ0) is 12.2. The van der Waals surface area contributed by atoms with Gasteiger partial charge < -0.3 is 4.74 Å². The van der Waals surface area contributed by atoms with Crippen LogP contribution in [0.3, 0.4) is 0 Å². The summed E-state index contributed by atoms with van der Waals surface area (Å²) in [4.78, 5) is 11.8. The lowest BCUT2D eigenvalue weighted by Crippen LogP contribution is -2.27. The summed E-state index contributed by atoms with van der Waals surface area (Å²) in [5.41, 5.74) is 1.38. The van der Waals surface area contributed by atoms with Crippen LogP contribution in [0.1, 0.15) is 49.5 Å². The summed E-state index contributed by atoms with van der Waals surface area (Å²) in [5, 5.41) is 0. The molecule has 1 aromatic rings. The van der Waals surface area contributed by atoms with Crippen molar-refractivity contribution in [3.05, 3.63) is 35.4 Å². The van der Waals surface area contributed by atoms with Gasteiger partial charge in [0.2, 0.25) is 0 Å². The number of rotatable bonds is 4. The number of hydrogen-bond acceptors (Lipinski definition) is 2. The van der Waals surface area contributed by atoms with E-state index in [1.807, 2.05) is 32.9 Å². The minimum Gasteiger partial charge on any atom is -0.456 e. The fraction of sp³-hybridized carbons (Fsp3) is 0.500. The van der Waals surface area contributed by atoms with Gasteiger partial charge in [0.05, 0.1) is 5.56 Å². The Bertz CT molecular complexity index is 350. The van der Waals surface area contributed by atoms with E-state index >= 15 is 0 Å². The van der Waals surface area contributed by atoms with Crippen LogP contribution in [0.4, 0.5) is 0 Å². The molecule has 0 aliphatic heterocycles. The molecule has 2 nitrogen and oxygen atoms in total. The summed E-state index contributed by atoms with van der Waals surface area (Å²) in [7, 11) is 0. The molecule has 0 heterocycles. The fourth-order valence-electron chi connectivity index (χ4n) is 1.65. The fourth-order valence-corrected chi connectivity index (χ4v) is 1.65. The van der Waals surface area contributed by atoms with E-state index in [1.54, 1.807) is 12.1 Å².